The van der Waals surface area contributed by atoms with Gasteiger partial charge >= 0.3 is 0 Å². The lowest BCUT2D eigenvalue weighted by molar-refractivity contribution is -0.122. The predicted molar refractivity (Wildman–Crippen MR) is 68.5 cm³/mol. The van der Waals surface area contributed by atoms with Gasteiger partial charge in [-0.2, -0.15) is 0 Å². The first kappa shape index (κ1) is 14.8. The quantitative estimate of drug-likeness (QED) is 0.527. The summed E-state index contributed by atoms with van der Waals surface area (Å²) in [5.41, 5.74) is 5.11. The van der Waals surface area contributed by atoms with E-state index in [9.17, 15) is 9.59 Å². The number of carbonyl (C=O) groups excluding carboxylic acids is 2. The predicted octanol–water partition coefficient (Wildman–Crippen LogP) is -0.860. The molecule has 1 rings (SSSR count). The lowest BCUT2D eigenvalue weighted by atomic mass is 10.4. The van der Waals surface area contributed by atoms with Crippen LogP contribution in [0.1, 0.15) is 17.4 Å². The van der Waals surface area contributed by atoms with Crippen LogP contribution in [0.2, 0.25) is 0 Å². The van der Waals surface area contributed by atoms with Crippen molar-refractivity contribution in [3.63, 3.8) is 0 Å². The van der Waals surface area contributed by atoms with Gasteiger partial charge in [-0.1, -0.05) is 0 Å². The van der Waals surface area contributed by atoms with Crippen molar-refractivity contribution in [1.82, 2.24) is 15.3 Å². The van der Waals surface area contributed by atoms with E-state index in [1.807, 2.05) is 6.92 Å². The highest BCUT2D eigenvalue weighted by Crippen LogP contribution is 2.00. The van der Waals surface area contributed by atoms with Gasteiger partial charge in [-0.15, -0.1) is 0 Å². The van der Waals surface area contributed by atoms with Crippen molar-refractivity contribution in [2.24, 2.45) is 5.73 Å². The highest BCUT2D eigenvalue weighted by molar-refractivity contribution is 5.91. The molecule has 0 bridgehead atoms. The van der Waals surface area contributed by atoms with E-state index in [2.05, 4.69) is 20.6 Å². The summed E-state index contributed by atoms with van der Waals surface area (Å²) >= 11 is 0. The molecule has 4 N–H and O–H groups in total. The molecule has 0 atom stereocenters. The first-order valence-corrected chi connectivity index (χ1v) is 5.83. The minimum absolute atomic E-state index is 0.160. The van der Waals surface area contributed by atoms with Crippen LogP contribution in [0.25, 0.3) is 0 Å². The van der Waals surface area contributed by atoms with Gasteiger partial charge < -0.3 is 21.1 Å². The average molecular weight is 267 g/mol. The van der Waals surface area contributed by atoms with Gasteiger partial charge in [-0.25, -0.2) is 9.97 Å². The molecular formula is C11H17N5O3. The number of ether oxygens (including phenoxy) is 1. The molecule has 0 unspecified atom stereocenters. The molecule has 0 fully saturated rings. The maximum absolute atomic E-state index is 11.6. The number of nitrogens with two attached hydrogens (primary N) is 1. The number of nitrogens with zero attached hydrogens (tertiary/aromatic N) is 2. The van der Waals surface area contributed by atoms with Crippen LogP contribution in [0.4, 0.5) is 5.82 Å². The van der Waals surface area contributed by atoms with Crippen LogP contribution >= 0.6 is 0 Å². The number of hydrogen-bond donors (Lipinski definition) is 3. The average Bonchev–Trinajstić information content (AvgIpc) is 2.39. The first-order chi connectivity index (χ1) is 9.13. The number of rotatable bonds is 8. The molecule has 1 aromatic rings. The van der Waals surface area contributed by atoms with Crippen molar-refractivity contribution in [3.05, 3.63) is 18.1 Å². The van der Waals surface area contributed by atoms with E-state index in [4.69, 9.17) is 10.5 Å². The molecule has 19 heavy (non-hydrogen) atoms. The van der Waals surface area contributed by atoms with Gasteiger partial charge in [0.1, 0.15) is 18.1 Å². The summed E-state index contributed by atoms with van der Waals surface area (Å²) in [5, 5.41) is 5.56. The number of hydrogen-bond acceptors (Lipinski definition) is 6. The van der Waals surface area contributed by atoms with E-state index in [1.165, 1.54) is 12.4 Å². The molecule has 0 aliphatic rings. The molecule has 1 heterocycles. The van der Waals surface area contributed by atoms with Gasteiger partial charge in [0, 0.05) is 13.1 Å². The van der Waals surface area contributed by atoms with E-state index < -0.39 is 5.91 Å². The fourth-order valence-corrected chi connectivity index (χ4v) is 1.22. The van der Waals surface area contributed by atoms with Gasteiger partial charge in [-0.3, -0.25) is 9.59 Å². The van der Waals surface area contributed by atoms with Crippen LogP contribution in [0, 0.1) is 0 Å². The molecule has 2 amide bonds. The molecule has 104 valence electrons. The third-order valence-corrected chi connectivity index (χ3v) is 2.02. The number of amides is 2. The maximum Gasteiger partial charge on any atom is 0.271 e. The summed E-state index contributed by atoms with van der Waals surface area (Å²) in [4.78, 5) is 30.0. The lowest BCUT2D eigenvalue weighted by Gasteiger charge is -2.05. The van der Waals surface area contributed by atoms with Crippen molar-refractivity contribution in [1.29, 1.82) is 0 Å². The molecular weight excluding hydrogens is 250 g/mol. The minimum atomic E-state index is -0.545. The van der Waals surface area contributed by atoms with E-state index in [0.29, 0.717) is 5.82 Å². The normalized spacial score (nSPS) is 9.95. The van der Waals surface area contributed by atoms with Crippen molar-refractivity contribution in [2.75, 3.05) is 31.6 Å². The fraction of sp³-hybridized carbons (Fsp3) is 0.455. The molecule has 8 heteroatoms. The van der Waals surface area contributed by atoms with E-state index in [-0.39, 0.29) is 31.4 Å². The zero-order chi connectivity index (χ0) is 14.1. The second kappa shape index (κ2) is 7.98. The van der Waals surface area contributed by atoms with Gasteiger partial charge in [0.15, 0.2) is 0 Å². The Morgan fingerprint density at radius 3 is 2.74 bits per heavy atom. The fourth-order valence-electron chi connectivity index (χ4n) is 1.22. The second-order valence-corrected chi connectivity index (χ2v) is 3.59. The Balaban J connectivity index is 2.30. The molecule has 0 radical (unpaired) electrons. The number of nitrogens with one attached hydrogen (secondary N) is 2. The van der Waals surface area contributed by atoms with Gasteiger partial charge in [-0.05, 0) is 6.92 Å². The van der Waals surface area contributed by atoms with E-state index in [1.54, 1.807) is 0 Å². The van der Waals surface area contributed by atoms with Gasteiger partial charge in [0.2, 0.25) is 5.91 Å². The first-order valence-electron chi connectivity index (χ1n) is 5.83. The van der Waals surface area contributed by atoms with Crippen molar-refractivity contribution in [2.45, 2.75) is 6.92 Å². The minimum Gasteiger partial charge on any atom is -0.370 e. The number of anilines is 1. The molecule has 0 spiro atoms. The number of carbonyl (C=O) groups is 2. The van der Waals surface area contributed by atoms with Gasteiger partial charge in [0.25, 0.3) is 5.91 Å². The number of primary amides is 1. The smallest absolute Gasteiger partial charge is 0.271 e. The molecule has 0 saturated heterocycles. The Hall–Kier alpha value is -2.22. The third-order valence-electron chi connectivity index (χ3n) is 2.02. The zero-order valence-corrected chi connectivity index (χ0v) is 10.7. The number of aromatic nitrogens is 2. The Labute approximate surface area is 110 Å². The van der Waals surface area contributed by atoms with Crippen LogP contribution in [0.3, 0.4) is 0 Å². The monoisotopic (exact) mass is 267 g/mol. The molecule has 8 nitrogen and oxygen atoms in total. The molecule has 0 saturated carbocycles. The Morgan fingerprint density at radius 1 is 1.37 bits per heavy atom. The lowest BCUT2D eigenvalue weighted by Crippen LogP contribution is -2.29. The topological polar surface area (TPSA) is 119 Å². The summed E-state index contributed by atoms with van der Waals surface area (Å²) in [6, 6.07) is 0. The second-order valence-electron chi connectivity index (χ2n) is 3.59. The van der Waals surface area contributed by atoms with Crippen LogP contribution in [0.5, 0.6) is 0 Å². The van der Waals surface area contributed by atoms with Crippen molar-refractivity contribution >= 4 is 17.6 Å². The summed E-state index contributed by atoms with van der Waals surface area (Å²) in [6.45, 7) is 2.99. The van der Waals surface area contributed by atoms with Gasteiger partial charge in [0.05, 0.1) is 19.0 Å². The van der Waals surface area contributed by atoms with E-state index >= 15 is 0 Å². The Kier molecular flexibility index (Phi) is 6.23. The highest BCUT2D eigenvalue weighted by atomic mass is 16.5. The van der Waals surface area contributed by atoms with E-state index in [0.717, 1.165) is 6.54 Å². The maximum atomic E-state index is 11.6. The summed E-state index contributed by atoms with van der Waals surface area (Å²) < 4.78 is 4.90. The SMILES string of the molecule is CCNc1cnc(C(=O)NCCOCC(N)=O)cn1. The summed E-state index contributed by atoms with van der Waals surface area (Å²) in [7, 11) is 0. The summed E-state index contributed by atoms with van der Waals surface area (Å²) in [6.07, 6.45) is 2.87. The third kappa shape index (κ3) is 5.77. The molecule has 0 aliphatic carbocycles. The van der Waals surface area contributed by atoms with Crippen molar-refractivity contribution < 1.29 is 14.3 Å². The molecule has 1 aromatic heterocycles. The van der Waals surface area contributed by atoms with Crippen molar-refractivity contribution in [3.8, 4) is 0 Å². The van der Waals surface area contributed by atoms with Crippen LogP contribution in [0.15, 0.2) is 12.4 Å². The largest absolute Gasteiger partial charge is 0.370 e. The highest BCUT2D eigenvalue weighted by Gasteiger charge is 2.07. The molecule has 0 aliphatic heterocycles. The van der Waals surface area contributed by atoms with Crippen LogP contribution in [-0.2, 0) is 9.53 Å². The zero-order valence-electron chi connectivity index (χ0n) is 10.7. The Bertz CT molecular complexity index is 421. The summed E-state index contributed by atoms with van der Waals surface area (Å²) in [5.74, 6) is -0.279. The van der Waals surface area contributed by atoms with Crippen LogP contribution in [-0.4, -0.2) is 48.1 Å². The van der Waals surface area contributed by atoms with Crippen LogP contribution < -0.4 is 16.4 Å². The molecule has 0 aromatic carbocycles. The standard InChI is InChI=1S/C11H17N5O3/c1-2-13-10-6-15-8(5-16-10)11(18)14-3-4-19-7-9(12)17/h5-6H,2-4,7H2,1H3,(H2,12,17)(H,13,16)(H,14,18). The Morgan fingerprint density at radius 2 is 2.16 bits per heavy atom.